The number of allylic oxidation sites excluding steroid dienone is 2. The first kappa shape index (κ1) is 21.2. The second kappa shape index (κ2) is 8.29. The van der Waals surface area contributed by atoms with Crippen LogP contribution in [-0.4, -0.2) is 20.6 Å². The van der Waals surface area contributed by atoms with Crippen LogP contribution in [0.1, 0.15) is 11.5 Å². The summed E-state index contributed by atoms with van der Waals surface area (Å²) in [5, 5.41) is 6.98. The van der Waals surface area contributed by atoms with Gasteiger partial charge < -0.3 is 4.90 Å². The highest BCUT2D eigenvalue weighted by atomic mass is 15.2. The van der Waals surface area contributed by atoms with Gasteiger partial charge in [0.05, 0.1) is 23.4 Å². The molecule has 4 nitrogen and oxygen atoms in total. The Morgan fingerprint density at radius 1 is 0.684 bits per heavy atom. The lowest BCUT2D eigenvalue weighted by atomic mass is 9.91. The molecule has 2 unspecified atom stereocenters. The fraction of sp³-hybridized carbons (Fsp3) is 0.0588. The lowest BCUT2D eigenvalue weighted by molar-refractivity contribution is 0.745. The summed E-state index contributed by atoms with van der Waals surface area (Å²) in [6, 6.07) is 32.7. The van der Waals surface area contributed by atoms with Crippen LogP contribution in [0.3, 0.4) is 0 Å². The summed E-state index contributed by atoms with van der Waals surface area (Å²) in [5.41, 5.74) is 9.17. The number of anilines is 2. The molecule has 0 amide bonds. The van der Waals surface area contributed by atoms with E-state index in [1.165, 1.54) is 27.7 Å². The average Bonchev–Trinajstić information content (AvgIpc) is 3.55. The predicted octanol–water partition coefficient (Wildman–Crippen LogP) is 7.95. The third-order valence-electron chi connectivity index (χ3n) is 7.86. The molecule has 6 aromatic rings. The van der Waals surface area contributed by atoms with Gasteiger partial charge in [-0.3, -0.25) is 4.98 Å². The standard InChI is InChI=1S/C34H24N4/c1-2-8-26-22-37-34(19-24(26)7-1)30(21-36-37)25-15-18-31(35-20-25)23-13-16-27(17-14-23)38-32-11-5-3-9-28(32)29-10-4-6-12-33(29)38/h1-22,28,32H. The van der Waals surface area contributed by atoms with Gasteiger partial charge in [-0.25, -0.2) is 4.52 Å². The largest absolute Gasteiger partial charge is 0.333 e. The molecule has 3 aromatic heterocycles. The van der Waals surface area contributed by atoms with Gasteiger partial charge in [0.15, 0.2) is 0 Å². The van der Waals surface area contributed by atoms with Crippen molar-refractivity contribution in [2.45, 2.75) is 12.0 Å². The lowest BCUT2D eigenvalue weighted by Gasteiger charge is -2.28. The second-order valence-electron chi connectivity index (χ2n) is 9.98. The molecule has 4 heteroatoms. The highest BCUT2D eigenvalue weighted by Gasteiger charge is 2.36. The lowest BCUT2D eigenvalue weighted by Crippen LogP contribution is -2.28. The van der Waals surface area contributed by atoms with E-state index in [1.54, 1.807) is 0 Å². The molecule has 2 atom stereocenters. The quantitative estimate of drug-likeness (QED) is 0.253. The Labute approximate surface area is 220 Å². The molecular weight excluding hydrogens is 464 g/mol. The van der Waals surface area contributed by atoms with Crippen LogP contribution in [0.5, 0.6) is 0 Å². The SMILES string of the molecule is C1=CC2c3ccccc3N(c3ccc(-c4ccc(-c5cnn6cc7ccccc7cc56)cn4)cc3)C2C=C1. The molecule has 2 aliphatic rings. The van der Waals surface area contributed by atoms with Crippen molar-refractivity contribution in [2.75, 3.05) is 4.90 Å². The van der Waals surface area contributed by atoms with Crippen molar-refractivity contribution in [2.24, 2.45) is 0 Å². The fourth-order valence-corrected chi connectivity index (χ4v) is 5.99. The topological polar surface area (TPSA) is 33.4 Å². The highest BCUT2D eigenvalue weighted by Crippen LogP contribution is 2.47. The summed E-state index contributed by atoms with van der Waals surface area (Å²) in [6.07, 6.45) is 14.9. The molecule has 180 valence electrons. The van der Waals surface area contributed by atoms with Crippen LogP contribution in [0, 0.1) is 0 Å². The monoisotopic (exact) mass is 488 g/mol. The summed E-state index contributed by atoms with van der Waals surface area (Å²) < 4.78 is 1.95. The van der Waals surface area contributed by atoms with Crippen molar-refractivity contribution in [1.82, 2.24) is 14.6 Å². The maximum atomic E-state index is 4.83. The molecule has 0 saturated carbocycles. The van der Waals surface area contributed by atoms with Crippen molar-refractivity contribution >= 4 is 27.7 Å². The number of benzene rings is 3. The zero-order chi connectivity index (χ0) is 25.1. The summed E-state index contributed by atoms with van der Waals surface area (Å²) >= 11 is 0. The molecule has 0 spiro atoms. The number of aromatic nitrogens is 3. The van der Waals surface area contributed by atoms with Gasteiger partial charge in [-0.15, -0.1) is 0 Å². The molecule has 4 heterocycles. The van der Waals surface area contributed by atoms with Crippen molar-refractivity contribution in [3.63, 3.8) is 0 Å². The van der Waals surface area contributed by atoms with Crippen molar-refractivity contribution < 1.29 is 0 Å². The fourth-order valence-electron chi connectivity index (χ4n) is 5.99. The van der Waals surface area contributed by atoms with Gasteiger partial charge in [-0.2, -0.15) is 5.10 Å². The van der Waals surface area contributed by atoms with E-state index in [1.807, 2.05) is 16.9 Å². The van der Waals surface area contributed by atoms with Gasteiger partial charge in [-0.05, 0) is 41.3 Å². The Kier molecular flexibility index (Phi) is 4.61. The van der Waals surface area contributed by atoms with E-state index in [4.69, 9.17) is 4.98 Å². The van der Waals surface area contributed by atoms with Gasteiger partial charge in [-0.1, -0.05) is 85.0 Å². The first-order valence-corrected chi connectivity index (χ1v) is 13.0. The molecule has 0 saturated heterocycles. The molecule has 0 radical (unpaired) electrons. The second-order valence-corrected chi connectivity index (χ2v) is 9.98. The number of para-hydroxylation sites is 1. The van der Waals surface area contributed by atoms with E-state index in [2.05, 4.69) is 131 Å². The smallest absolute Gasteiger partial charge is 0.0747 e. The molecule has 0 fully saturated rings. The van der Waals surface area contributed by atoms with Crippen LogP contribution in [0.4, 0.5) is 11.4 Å². The number of nitrogens with zero attached hydrogens (tertiary/aromatic N) is 4. The maximum absolute atomic E-state index is 4.83. The molecule has 38 heavy (non-hydrogen) atoms. The Morgan fingerprint density at radius 2 is 1.47 bits per heavy atom. The Bertz CT molecular complexity index is 1880. The molecular formula is C34H24N4. The third kappa shape index (κ3) is 3.24. The molecule has 3 aromatic carbocycles. The van der Waals surface area contributed by atoms with Crippen molar-refractivity contribution in [3.8, 4) is 22.4 Å². The summed E-state index contributed by atoms with van der Waals surface area (Å²) in [7, 11) is 0. The van der Waals surface area contributed by atoms with Gasteiger partial charge in [0.1, 0.15) is 0 Å². The predicted molar refractivity (Wildman–Crippen MR) is 155 cm³/mol. The summed E-state index contributed by atoms with van der Waals surface area (Å²) in [4.78, 5) is 7.29. The zero-order valence-corrected chi connectivity index (χ0v) is 20.6. The first-order chi connectivity index (χ1) is 18.8. The Hall–Kier alpha value is -4.96. The van der Waals surface area contributed by atoms with Crippen LogP contribution in [0.25, 0.3) is 38.7 Å². The minimum Gasteiger partial charge on any atom is -0.333 e. The van der Waals surface area contributed by atoms with E-state index in [0.29, 0.717) is 12.0 Å². The normalized spacial score (nSPS) is 17.7. The molecule has 0 N–H and O–H groups in total. The number of hydrogen-bond donors (Lipinski definition) is 0. The minimum absolute atomic E-state index is 0.309. The van der Waals surface area contributed by atoms with Gasteiger partial charge in [0.2, 0.25) is 0 Å². The summed E-state index contributed by atoms with van der Waals surface area (Å²) in [5.74, 6) is 0.392. The van der Waals surface area contributed by atoms with E-state index < -0.39 is 0 Å². The zero-order valence-electron chi connectivity index (χ0n) is 20.6. The van der Waals surface area contributed by atoms with Crippen LogP contribution >= 0.6 is 0 Å². The van der Waals surface area contributed by atoms with Gasteiger partial charge >= 0.3 is 0 Å². The van der Waals surface area contributed by atoms with Gasteiger partial charge in [0.25, 0.3) is 0 Å². The number of fused-ring (bicyclic) bond motifs is 5. The van der Waals surface area contributed by atoms with Crippen LogP contribution in [0.2, 0.25) is 0 Å². The van der Waals surface area contributed by atoms with E-state index >= 15 is 0 Å². The van der Waals surface area contributed by atoms with Crippen LogP contribution in [-0.2, 0) is 0 Å². The Morgan fingerprint density at radius 3 is 2.34 bits per heavy atom. The number of hydrogen-bond acceptors (Lipinski definition) is 3. The number of pyridine rings is 2. The van der Waals surface area contributed by atoms with Gasteiger partial charge in [0, 0.05) is 51.8 Å². The van der Waals surface area contributed by atoms with Crippen molar-refractivity contribution in [3.05, 3.63) is 139 Å². The average molecular weight is 489 g/mol. The third-order valence-corrected chi connectivity index (χ3v) is 7.86. The van der Waals surface area contributed by atoms with E-state index in [-0.39, 0.29) is 0 Å². The van der Waals surface area contributed by atoms with Crippen LogP contribution in [0.15, 0.2) is 134 Å². The van der Waals surface area contributed by atoms with E-state index in [9.17, 15) is 0 Å². The molecule has 0 bridgehead atoms. The first-order valence-electron chi connectivity index (χ1n) is 13.0. The Balaban J connectivity index is 1.10. The molecule has 1 aliphatic carbocycles. The summed E-state index contributed by atoms with van der Waals surface area (Å²) in [6.45, 7) is 0. The number of rotatable bonds is 3. The minimum atomic E-state index is 0.309. The molecule has 1 aliphatic heterocycles. The highest BCUT2D eigenvalue weighted by molar-refractivity contribution is 5.91. The maximum Gasteiger partial charge on any atom is 0.0747 e. The van der Waals surface area contributed by atoms with Crippen LogP contribution < -0.4 is 4.90 Å². The van der Waals surface area contributed by atoms with E-state index in [0.717, 1.165) is 27.9 Å². The van der Waals surface area contributed by atoms with Crippen molar-refractivity contribution in [1.29, 1.82) is 0 Å². The molecule has 8 rings (SSSR count).